The molecular weight excluding hydrogens is 425 g/mol. The zero-order valence-electron chi connectivity index (χ0n) is 14.3. The number of amides is 1. The molecule has 9 heteroatoms. The van der Waals surface area contributed by atoms with E-state index in [1.54, 1.807) is 30.3 Å². The van der Waals surface area contributed by atoms with E-state index in [0.717, 1.165) is 0 Å². The number of nitrogens with zero attached hydrogens (tertiary/aromatic N) is 2. The highest BCUT2D eigenvalue weighted by atomic mass is 35.5. The van der Waals surface area contributed by atoms with Crippen molar-refractivity contribution in [2.75, 3.05) is 13.2 Å². The van der Waals surface area contributed by atoms with Crippen LogP contribution in [0.15, 0.2) is 36.4 Å². The topological polar surface area (TPSA) is 89.5 Å². The van der Waals surface area contributed by atoms with Gasteiger partial charge < -0.3 is 15.1 Å². The summed E-state index contributed by atoms with van der Waals surface area (Å²) in [5, 5.41) is 28.0. The summed E-state index contributed by atoms with van der Waals surface area (Å²) < 4.78 is 0. The molecule has 0 radical (unpaired) electrons. The van der Waals surface area contributed by atoms with Crippen molar-refractivity contribution in [3.8, 4) is 17.0 Å². The number of carbonyl (C=O) groups is 1. The Labute approximate surface area is 175 Å². The molecule has 0 aliphatic carbocycles. The highest BCUT2D eigenvalue weighted by Crippen LogP contribution is 2.45. The normalized spacial score (nSPS) is 15.9. The molecule has 0 fully saturated rings. The fourth-order valence-electron chi connectivity index (χ4n) is 3.47. The lowest BCUT2D eigenvalue weighted by atomic mass is 9.95. The van der Waals surface area contributed by atoms with Crippen molar-refractivity contribution in [2.45, 2.75) is 6.04 Å². The van der Waals surface area contributed by atoms with Crippen LogP contribution in [0.5, 0.6) is 5.75 Å². The van der Waals surface area contributed by atoms with Crippen LogP contribution in [-0.4, -0.2) is 44.4 Å². The van der Waals surface area contributed by atoms with Gasteiger partial charge in [-0.2, -0.15) is 5.10 Å². The molecule has 2 aromatic carbocycles. The number of aliphatic hydroxyl groups is 1. The van der Waals surface area contributed by atoms with Crippen LogP contribution in [0.25, 0.3) is 11.3 Å². The first kappa shape index (κ1) is 19.1. The van der Waals surface area contributed by atoms with E-state index in [9.17, 15) is 15.0 Å². The van der Waals surface area contributed by atoms with E-state index in [1.807, 2.05) is 0 Å². The number of aromatic hydroxyl groups is 1. The van der Waals surface area contributed by atoms with Crippen LogP contribution in [0.2, 0.25) is 15.1 Å². The smallest absolute Gasteiger partial charge is 0.273 e. The largest absolute Gasteiger partial charge is 0.507 e. The number of nitrogens with one attached hydrogen (secondary N) is 1. The third-order valence-corrected chi connectivity index (χ3v) is 5.65. The van der Waals surface area contributed by atoms with Gasteiger partial charge in [-0.05, 0) is 35.9 Å². The number of aromatic amines is 1. The van der Waals surface area contributed by atoms with Crippen molar-refractivity contribution in [1.82, 2.24) is 15.1 Å². The molecule has 1 unspecified atom stereocenters. The van der Waals surface area contributed by atoms with Crippen LogP contribution in [-0.2, 0) is 0 Å². The lowest BCUT2D eigenvalue weighted by molar-refractivity contribution is 0.0706. The van der Waals surface area contributed by atoms with Gasteiger partial charge in [0.1, 0.15) is 17.1 Å². The fourth-order valence-corrected chi connectivity index (χ4v) is 3.95. The van der Waals surface area contributed by atoms with Gasteiger partial charge >= 0.3 is 0 Å². The third-order valence-electron chi connectivity index (χ3n) is 4.68. The number of phenolic OH excluding ortho intramolecular Hbond substituents is 1. The van der Waals surface area contributed by atoms with Crippen molar-refractivity contribution in [3.05, 3.63) is 68.3 Å². The summed E-state index contributed by atoms with van der Waals surface area (Å²) in [7, 11) is 0. The fraction of sp³-hybridized carbons (Fsp3) is 0.158. The van der Waals surface area contributed by atoms with E-state index in [1.165, 1.54) is 11.0 Å². The number of fused-ring (bicyclic) bond motifs is 1. The Morgan fingerprint density at radius 1 is 1.11 bits per heavy atom. The van der Waals surface area contributed by atoms with Crippen molar-refractivity contribution in [2.24, 2.45) is 0 Å². The van der Waals surface area contributed by atoms with E-state index in [0.29, 0.717) is 43.1 Å². The van der Waals surface area contributed by atoms with E-state index in [-0.39, 0.29) is 24.8 Å². The third kappa shape index (κ3) is 3.02. The molecule has 0 saturated heterocycles. The Morgan fingerprint density at radius 3 is 2.61 bits per heavy atom. The molecule has 144 valence electrons. The first-order valence-electron chi connectivity index (χ1n) is 8.36. The molecule has 3 aromatic rings. The number of carbonyl (C=O) groups excluding carboxylic acids is 1. The van der Waals surface area contributed by atoms with Crippen molar-refractivity contribution in [3.63, 3.8) is 0 Å². The highest BCUT2D eigenvalue weighted by Gasteiger charge is 2.42. The average molecular weight is 439 g/mol. The predicted octanol–water partition coefficient (Wildman–Crippen LogP) is 4.28. The molecular formula is C19H14Cl3N3O3. The molecule has 0 bridgehead atoms. The van der Waals surface area contributed by atoms with Gasteiger partial charge in [0.25, 0.3) is 5.91 Å². The first-order chi connectivity index (χ1) is 13.4. The lowest BCUT2D eigenvalue weighted by Gasteiger charge is -2.26. The summed E-state index contributed by atoms with van der Waals surface area (Å²) in [6.07, 6.45) is 0. The Bertz CT molecular complexity index is 1080. The molecule has 3 N–H and O–H groups in total. The molecule has 28 heavy (non-hydrogen) atoms. The molecule has 1 atom stereocenters. The summed E-state index contributed by atoms with van der Waals surface area (Å²) >= 11 is 18.3. The van der Waals surface area contributed by atoms with Crippen LogP contribution in [0.1, 0.15) is 27.7 Å². The van der Waals surface area contributed by atoms with Crippen LogP contribution >= 0.6 is 34.8 Å². The van der Waals surface area contributed by atoms with E-state index in [4.69, 9.17) is 34.8 Å². The number of halogens is 3. The van der Waals surface area contributed by atoms with Gasteiger partial charge in [0, 0.05) is 22.7 Å². The maximum atomic E-state index is 12.9. The van der Waals surface area contributed by atoms with E-state index in [2.05, 4.69) is 10.2 Å². The number of rotatable bonds is 4. The maximum absolute atomic E-state index is 12.9. The SMILES string of the molecule is O=C1c2[nH]nc(-c3cc(Cl)ccc3O)c2C(c2ccc(Cl)c(Cl)c2)N1CCO. The predicted molar refractivity (Wildman–Crippen MR) is 107 cm³/mol. The first-order valence-corrected chi connectivity index (χ1v) is 9.49. The second-order valence-corrected chi connectivity index (χ2v) is 7.57. The Morgan fingerprint density at radius 2 is 1.89 bits per heavy atom. The number of phenols is 1. The van der Waals surface area contributed by atoms with Gasteiger partial charge in [-0.15, -0.1) is 0 Å². The number of β-amino-alcohol motifs (C(OH)–C–C–N with tert-alkyl or cyclic N) is 1. The summed E-state index contributed by atoms with van der Waals surface area (Å²) in [6, 6.07) is 9.14. The number of hydrogen-bond donors (Lipinski definition) is 3. The summed E-state index contributed by atoms with van der Waals surface area (Å²) in [5.74, 6) is -0.319. The van der Waals surface area contributed by atoms with Gasteiger partial charge in [-0.1, -0.05) is 40.9 Å². The molecule has 1 aliphatic rings. The Kier molecular flexibility index (Phi) is 4.97. The van der Waals surface area contributed by atoms with Gasteiger partial charge in [-0.25, -0.2) is 0 Å². The van der Waals surface area contributed by atoms with Crippen molar-refractivity contribution in [1.29, 1.82) is 0 Å². The van der Waals surface area contributed by atoms with E-state index >= 15 is 0 Å². The van der Waals surface area contributed by atoms with Gasteiger partial charge in [-0.3, -0.25) is 9.89 Å². The molecule has 4 rings (SSSR count). The second kappa shape index (κ2) is 7.29. The van der Waals surface area contributed by atoms with Crippen LogP contribution in [0, 0.1) is 0 Å². The highest BCUT2D eigenvalue weighted by molar-refractivity contribution is 6.42. The average Bonchev–Trinajstić information content (AvgIpc) is 3.20. The van der Waals surface area contributed by atoms with Crippen LogP contribution in [0.4, 0.5) is 0 Å². The number of benzene rings is 2. The van der Waals surface area contributed by atoms with Crippen LogP contribution in [0.3, 0.4) is 0 Å². The number of hydrogen-bond acceptors (Lipinski definition) is 4. The Balaban J connectivity index is 1.94. The minimum Gasteiger partial charge on any atom is -0.507 e. The van der Waals surface area contributed by atoms with Crippen LogP contribution < -0.4 is 0 Å². The monoisotopic (exact) mass is 437 g/mol. The molecule has 0 spiro atoms. The summed E-state index contributed by atoms with van der Waals surface area (Å²) in [5.41, 5.74) is 2.38. The quantitative estimate of drug-likeness (QED) is 0.567. The van der Waals surface area contributed by atoms with Crippen molar-refractivity contribution < 1.29 is 15.0 Å². The molecule has 1 aliphatic heterocycles. The molecule has 1 aromatic heterocycles. The van der Waals surface area contributed by atoms with Gasteiger partial charge in [0.2, 0.25) is 0 Å². The molecule has 6 nitrogen and oxygen atoms in total. The van der Waals surface area contributed by atoms with E-state index < -0.39 is 6.04 Å². The summed E-state index contributed by atoms with van der Waals surface area (Å²) in [6.45, 7) is -0.0910. The molecule has 1 amide bonds. The zero-order valence-corrected chi connectivity index (χ0v) is 16.6. The second-order valence-electron chi connectivity index (χ2n) is 6.32. The lowest BCUT2D eigenvalue weighted by Crippen LogP contribution is -2.32. The standard InChI is InChI=1S/C19H14Cl3N3O3/c20-10-2-4-14(27)11(8-10)16-15-17(24-23-16)19(28)25(5-6-26)18(15)9-1-3-12(21)13(22)7-9/h1-4,7-8,18,26-27H,5-6H2,(H,23,24). The number of H-pyrrole nitrogens is 1. The molecule has 0 saturated carbocycles. The summed E-state index contributed by atoms with van der Waals surface area (Å²) in [4.78, 5) is 14.4. The number of aromatic nitrogens is 2. The number of aliphatic hydroxyl groups excluding tert-OH is 1. The molecule has 2 heterocycles. The zero-order chi connectivity index (χ0) is 20.0. The van der Waals surface area contributed by atoms with Gasteiger partial charge in [0.15, 0.2) is 0 Å². The maximum Gasteiger partial charge on any atom is 0.273 e. The van der Waals surface area contributed by atoms with Gasteiger partial charge in [0.05, 0.1) is 22.7 Å². The minimum atomic E-state index is -0.559. The minimum absolute atomic E-state index is 0.0142. The van der Waals surface area contributed by atoms with Crippen molar-refractivity contribution >= 4 is 40.7 Å². The Hall–Kier alpha value is -2.25.